The Morgan fingerprint density at radius 3 is 3.06 bits per heavy atom. The number of rotatable bonds is 2. The fourth-order valence-electron chi connectivity index (χ4n) is 1.26. The van der Waals surface area contributed by atoms with Gasteiger partial charge in [-0.15, -0.1) is 15.3 Å². The summed E-state index contributed by atoms with van der Waals surface area (Å²) in [6.07, 6.45) is 1.50. The number of furan rings is 1. The molecule has 7 nitrogen and oxygen atoms in total. The van der Waals surface area contributed by atoms with Gasteiger partial charge in [0.25, 0.3) is 0 Å². The monoisotopic (exact) mass is 236 g/mol. The summed E-state index contributed by atoms with van der Waals surface area (Å²) in [5.74, 6) is -0.195. The summed E-state index contributed by atoms with van der Waals surface area (Å²) in [4.78, 5) is 11.1. The van der Waals surface area contributed by atoms with Crippen LogP contribution in [0.15, 0.2) is 22.8 Å². The van der Waals surface area contributed by atoms with Gasteiger partial charge in [-0.25, -0.2) is 4.79 Å². The Bertz CT molecular complexity index is 654. The van der Waals surface area contributed by atoms with Crippen LogP contribution in [0.3, 0.4) is 0 Å². The Hall–Kier alpha value is -2.22. The van der Waals surface area contributed by atoms with Crippen LogP contribution in [0.1, 0.15) is 9.80 Å². The lowest BCUT2D eigenvalue weighted by molar-refractivity contribution is 0.0695. The maximum Gasteiger partial charge on any atom is 0.367 e. The Balaban J connectivity index is 2.23. The van der Waals surface area contributed by atoms with Crippen molar-refractivity contribution in [3.05, 3.63) is 23.4 Å². The molecule has 3 rings (SSSR count). The minimum Gasteiger partial charge on any atom is -0.476 e. The lowest BCUT2D eigenvalue weighted by Gasteiger charge is -1.88. The topological polar surface area (TPSA) is 93.5 Å². The van der Waals surface area contributed by atoms with Crippen molar-refractivity contribution >= 4 is 22.3 Å². The minimum absolute atomic E-state index is 0.0299. The first kappa shape index (κ1) is 9.04. The van der Waals surface area contributed by atoms with Crippen LogP contribution in [0.5, 0.6) is 0 Å². The highest BCUT2D eigenvalue weighted by molar-refractivity contribution is 7.18. The van der Waals surface area contributed by atoms with E-state index in [0.29, 0.717) is 16.5 Å². The molecule has 0 amide bonds. The number of aromatic nitrogens is 4. The average molecular weight is 236 g/mol. The SMILES string of the molecule is O=C(O)c1nn2c(-c3ccco3)nnc2s1. The number of fused-ring (bicyclic) bond motifs is 1. The average Bonchev–Trinajstić information content (AvgIpc) is 2.92. The van der Waals surface area contributed by atoms with Gasteiger partial charge in [0.15, 0.2) is 5.76 Å². The van der Waals surface area contributed by atoms with Crippen molar-refractivity contribution < 1.29 is 14.3 Å². The molecule has 3 aromatic heterocycles. The van der Waals surface area contributed by atoms with Crippen LogP contribution < -0.4 is 0 Å². The number of nitrogens with zero attached hydrogens (tertiary/aromatic N) is 4. The molecule has 0 aliphatic heterocycles. The van der Waals surface area contributed by atoms with E-state index in [0.717, 1.165) is 11.3 Å². The number of hydrogen-bond donors (Lipinski definition) is 1. The molecule has 0 fully saturated rings. The highest BCUT2D eigenvalue weighted by Crippen LogP contribution is 2.21. The summed E-state index contributed by atoms with van der Waals surface area (Å²) in [7, 11) is 0. The smallest absolute Gasteiger partial charge is 0.367 e. The van der Waals surface area contributed by atoms with E-state index in [1.165, 1.54) is 10.8 Å². The zero-order valence-electron chi connectivity index (χ0n) is 7.69. The van der Waals surface area contributed by atoms with Crippen molar-refractivity contribution in [3.8, 4) is 11.6 Å². The van der Waals surface area contributed by atoms with E-state index >= 15 is 0 Å². The van der Waals surface area contributed by atoms with Gasteiger partial charge >= 0.3 is 5.97 Å². The number of carboxylic acid groups (broad SMARTS) is 1. The number of carbonyl (C=O) groups is 1. The molecule has 0 unspecified atom stereocenters. The van der Waals surface area contributed by atoms with Gasteiger partial charge in [0.1, 0.15) is 0 Å². The summed E-state index contributed by atoms with van der Waals surface area (Å²) in [5.41, 5.74) is 0. The highest BCUT2D eigenvalue weighted by atomic mass is 32.1. The second-order valence-corrected chi connectivity index (χ2v) is 3.86. The van der Waals surface area contributed by atoms with Gasteiger partial charge in [0.2, 0.25) is 15.8 Å². The molecule has 1 N–H and O–H groups in total. The first-order valence-electron chi connectivity index (χ1n) is 4.25. The molecule has 0 aliphatic carbocycles. The quantitative estimate of drug-likeness (QED) is 0.717. The maximum absolute atomic E-state index is 10.7. The second-order valence-electron chi connectivity index (χ2n) is 2.91. The van der Waals surface area contributed by atoms with E-state index < -0.39 is 5.97 Å². The van der Waals surface area contributed by atoms with Crippen molar-refractivity contribution in [2.45, 2.75) is 0 Å². The second kappa shape index (κ2) is 3.14. The first-order chi connectivity index (χ1) is 7.75. The van der Waals surface area contributed by atoms with Crippen molar-refractivity contribution in [1.82, 2.24) is 19.8 Å². The van der Waals surface area contributed by atoms with Crippen LogP contribution in [0.4, 0.5) is 0 Å². The van der Waals surface area contributed by atoms with E-state index in [1.54, 1.807) is 12.1 Å². The number of carboxylic acids is 1. The lowest BCUT2D eigenvalue weighted by atomic mass is 10.4. The van der Waals surface area contributed by atoms with Crippen LogP contribution >= 0.6 is 11.3 Å². The largest absolute Gasteiger partial charge is 0.476 e. The Kier molecular flexibility index (Phi) is 1.77. The molecule has 0 atom stereocenters. The molecule has 0 saturated heterocycles. The molecule has 80 valence electrons. The zero-order valence-corrected chi connectivity index (χ0v) is 8.51. The van der Waals surface area contributed by atoms with Crippen LogP contribution in [0.2, 0.25) is 0 Å². The highest BCUT2D eigenvalue weighted by Gasteiger charge is 2.17. The molecule has 8 heteroatoms. The van der Waals surface area contributed by atoms with Crippen molar-refractivity contribution in [1.29, 1.82) is 0 Å². The van der Waals surface area contributed by atoms with E-state index in [9.17, 15) is 4.79 Å². The van der Waals surface area contributed by atoms with Crippen LogP contribution in [0, 0.1) is 0 Å². The molecule has 3 heterocycles. The van der Waals surface area contributed by atoms with Crippen LogP contribution in [-0.2, 0) is 0 Å². The summed E-state index contributed by atoms with van der Waals surface area (Å²) < 4.78 is 6.50. The van der Waals surface area contributed by atoms with Gasteiger partial charge in [-0.2, -0.15) is 4.52 Å². The molecule has 16 heavy (non-hydrogen) atoms. The predicted octanol–water partition coefficient (Wildman–Crippen LogP) is 1.14. The minimum atomic E-state index is -1.08. The standard InChI is InChI=1S/C8H4N4O3S/c13-7(14)6-11-12-5(4-2-1-3-15-4)9-10-8(12)16-6/h1-3H,(H,13,14). The molecular formula is C8H4N4O3S. The Morgan fingerprint density at radius 1 is 1.50 bits per heavy atom. The van der Waals surface area contributed by atoms with Gasteiger partial charge in [-0.3, -0.25) is 0 Å². The molecule has 0 radical (unpaired) electrons. The molecule has 0 bridgehead atoms. The maximum atomic E-state index is 10.7. The Labute approximate surface area is 92.0 Å². The Morgan fingerprint density at radius 2 is 2.38 bits per heavy atom. The zero-order chi connectivity index (χ0) is 11.1. The van der Waals surface area contributed by atoms with E-state index in [-0.39, 0.29) is 5.01 Å². The van der Waals surface area contributed by atoms with Gasteiger partial charge < -0.3 is 9.52 Å². The fourth-order valence-corrected chi connectivity index (χ4v) is 1.94. The van der Waals surface area contributed by atoms with Crippen molar-refractivity contribution in [2.75, 3.05) is 0 Å². The molecule has 0 aliphatic rings. The van der Waals surface area contributed by atoms with E-state index in [4.69, 9.17) is 9.52 Å². The molecular weight excluding hydrogens is 232 g/mol. The molecule has 3 aromatic rings. The van der Waals surface area contributed by atoms with Gasteiger partial charge in [-0.05, 0) is 12.1 Å². The van der Waals surface area contributed by atoms with Gasteiger partial charge in [-0.1, -0.05) is 11.3 Å². The number of hydrogen-bond acceptors (Lipinski definition) is 6. The van der Waals surface area contributed by atoms with E-state index in [1.807, 2.05) is 0 Å². The fraction of sp³-hybridized carbons (Fsp3) is 0. The third-order valence-corrected chi connectivity index (χ3v) is 2.80. The molecule has 0 saturated carbocycles. The third kappa shape index (κ3) is 1.20. The first-order valence-corrected chi connectivity index (χ1v) is 5.07. The molecule has 0 spiro atoms. The molecule has 0 aromatic carbocycles. The van der Waals surface area contributed by atoms with Crippen molar-refractivity contribution in [3.63, 3.8) is 0 Å². The number of aromatic carboxylic acids is 1. The van der Waals surface area contributed by atoms with Crippen LogP contribution in [-0.4, -0.2) is 30.9 Å². The van der Waals surface area contributed by atoms with Crippen molar-refractivity contribution in [2.24, 2.45) is 0 Å². The third-order valence-electron chi connectivity index (χ3n) is 1.92. The van der Waals surface area contributed by atoms with Gasteiger partial charge in [0, 0.05) is 0 Å². The summed E-state index contributed by atoms with van der Waals surface area (Å²) >= 11 is 0.961. The summed E-state index contributed by atoms with van der Waals surface area (Å²) in [6, 6.07) is 3.41. The lowest BCUT2D eigenvalue weighted by Crippen LogP contribution is -1.97. The van der Waals surface area contributed by atoms with Crippen LogP contribution in [0.25, 0.3) is 16.5 Å². The van der Waals surface area contributed by atoms with Gasteiger partial charge in [0.05, 0.1) is 6.26 Å². The van der Waals surface area contributed by atoms with E-state index in [2.05, 4.69) is 15.3 Å². The summed E-state index contributed by atoms with van der Waals surface area (Å²) in [5, 5.41) is 20.3. The summed E-state index contributed by atoms with van der Waals surface area (Å²) in [6.45, 7) is 0. The predicted molar refractivity (Wildman–Crippen MR) is 53.3 cm³/mol. The normalized spacial score (nSPS) is 11.0.